The Bertz CT molecular complexity index is 1150. The number of anilines is 1. The van der Waals surface area contributed by atoms with Crippen molar-refractivity contribution < 1.29 is 22.8 Å². The second-order valence-electron chi connectivity index (χ2n) is 7.36. The van der Waals surface area contributed by atoms with Crippen LogP contribution in [-0.2, 0) is 31.6 Å². The van der Waals surface area contributed by atoms with Crippen molar-refractivity contribution in [1.29, 1.82) is 0 Å². The fourth-order valence-electron chi connectivity index (χ4n) is 4.03. The maximum absolute atomic E-state index is 13.2. The zero-order chi connectivity index (χ0) is 21.5. The molecule has 156 valence electrons. The highest BCUT2D eigenvalue weighted by atomic mass is 32.2. The highest BCUT2D eigenvalue weighted by Crippen LogP contribution is 2.39. The lowest BCUT2D eigenvalue weighted by atomic mass is 9.76. The van der Waals surface area contributed by atoms with Crippen molar-refractivity contribution in [2.24, 2.45) is 5.14 Å². The lowest BCUT2D eigenvalue weighted by Crippen LogP contribution is -2.47. The van der Waals surface area contributed by atoms with Crippen molar-refractivity contribution in [1.82, 2.24) is 10.2 Å². The van der Waals surface area contributed by atoms with E-state index in [1.54, 1.807) is 0 Å². The standard InChI is InChI=1S/C20H20N4O5S/c21-30(28,29)15-9-7-14(8-10-15)22-17(25)12-24-18(26)20(23-19(24)27)11-3-5-13-4-1-2-6-16(13)20/h1-2,4,6-10H,3,5,11-12H2,(H,22,25)(H,23,27)(H2,21,28,29). The van der Waals surface area contributed by atoms with Gasteiger partial charge < -0.3 is 10.6 Å². The molecule has 1 aliphatic heterocycles. The van der Waals surface area contributed by atoms with Gasteiger partial charge in [0.2, 0.25) is 15.9 Å². The van der Waals surface area contributed by atoms with Crippen LogP contribution in [0.15, 0.2) is 53.4 Å². The summed E-state index contributed by atoms with van der Waals surface area (Å²) in [5.74, 6) is -1.03. The second-order valence-corrected chi connectivity index (χ2v) is 8.92. The number of nitrogens with two attached hydrogens (primary N) is 1. The minimum absolute atomic E-state index is 0.0903. The lowest BCUT2D eigenvalue weighted by Gasteiger charge is -2.33. The molecule has 2 aromatic rings. The molecule has 10 heteroatoms. The molecule has 2 aliphatic rings. The van der Waals surface area contributed by atoms with Crippen LogP contribution in [0.2, 0.25) is 0 Å². The summed E-state index contributed by atoms with van der Waals surface area (Å²) in [7, 11) is -3.84. The summed E-state index contributed by atoms with van der Waals surface area (Å²) >= 11 is 0. The molecule has 4 amide bonds. The molecule has 1 saturated heterocycles. The molecule has 30 heavy (non-hydrogen) atoms. The number of rotatable bonds is 4. The number of fused-ring (bicyclic) bond motifs is 2. The monoisotopic (exact) mass is 428 g/mol. The van der Waals surface area contributed by atoms with Crippen molar-refractivity contribution in [3.05, 3.63) is 59.7 Å². The SMILES string of the molecule is NS(=O)(=O)c1ccc(NC(=O)CN2C(=O)NC3(CCCc4ccccc43)C2=O)cc1. The van der Waals surface area contributed by atoms with E-state index in [2.05, 4.69) is 10.6 Å². The van der Waals surface area contributed by atoms with Gasteiger partial charge in [0, 0.05) is 5.69 Å². The zero-order valence-electron chi connectivity index (χ0n) is 15.9. The highest BCUT2D eigenvalue weighted by Gasteiger charge is 2.54. The van der Waals surface area contributed by atoms with Gasteiger partial charge in [-0.3, -0.25) is 14.5 Å². The minimum Gasteiger partial charge on any atom is -0.325 e. The van der Waals surface area contributed by atoms with Gasteiger partial charge in [-0.25, -0.2) is 18.4 Å². The summed E-state index contributed by atoms with van der Waals surface area (Å²) in [6.45, 7) is -0.453. The van der Waals surface area contributed by atoms with Crippen LogP contribution in [0, 0.1) is 0 Å². The summed E-state index contributed by atoms with van der Waals surface area (Å²) in [6.07, 6.45) is 2.05. The van der Waals surface area contributed by atoms with Gasteiger partial charge in [-0.15, -0.1) is 0 Å². The van der Waals surface area contributed by atoms with Crippen molar-refractivity contribution in [3.8, 4) is 0 Å². The molecule has 1 aliphatic carbocycles. The van der Waals surface area contributed by atoms with Crippen LogP contribution < -0.4 is 15.8 Å². The van der Waals surface area contributed by atoms with Crippen LogP contribution in [0.3, 0.4) is 0 Å². The normalized spacial score (nSPS) is 20.8. The van der Waals surface area contributed by atoms with Crippen LogP contribution in [0.25, 0.3) is 0 Å². The maximum Gasteiger partial charge on any atom is 0.325 e. The summed E-state index contributed by atoms with van der Waals surface area (Å²) in [4.78, 5) is 39.0. The topological polar surface area (TPSA) is 139 Å². The van der Waals surface area contributed by atoms with Gasteiger partial charge in [0.15, 0.2) is 0 Å². The molecule has 1 fully saturated rings. The predicted molar refractivity (Wildman–Crippen MR) is 108 cm³/mol. The number of primary sulfonamides is 1. The average molecular weight is 428 g/mol. The molecule has 0 aromatic heterocycles. The number of benzene rings is 2. The molecular formula is C20H20N4O5S. The van der Waals surface area contributed by atoms with E-state index < -0.39 is 40.0 Å². The van der Waals surface area contributed by atoms with E-state index in [4.69, 9.17) is 5.14 Å². The van der Waals surface area contributed by atoms with Gasteiger partial charge in [-0.2, -0.15) is 0 Å². The Morgan fingerprint density at radius 1 is 1.13 bits per heavy atom. The van der Waals surface area contributed by atoms with Crippen molar-refractivity contribution in [2.45, 2.75) is 29.7 Å². The Labute approximate surface area is 173 Å². The quantitative estimate of drug-likeness (QED) is 0.625. The Morgan fingerprint density at radius 3 is 2.53 bits per heavy atom. The summed E-state index contributed by atoms with van der Waals surface area (Å²) in [6, 6.07) is 12.2. The average Bonchev–Trinajstić information content (AvgIpc) is 2.93. The number of nitrogens with one attached hydrogen (secondary N) is 2. The summed E-state index contributed by atoms with van der Waals surface area (Å²) in [5, 5.41) is 10.4. The molecule has 1 unspecified atom stereocenters. The number of urea groups is 1. The van der Waals surface area contributed by atoms with E-state index in [-0.39, 0.29) is 4.90 Å². The third kappa shape index (κ3) is 3.44. The third-order valence-corrected chi connectivity index (χ3v) is 6.35. The Balaban J connectivity index is 1.50. The van der Waals surface area contributed by atoms with E-state index in [0.717, 1.165) is 28.9 Å². The van der Waals surface area contributed by atoms with E-state index >= 15 is 0 Å². The van der Waals surface area contributed by atoms with Crippen molar-refractivity contribution in [3.63, 3.8) is 0 Å². The van der Waals surface area contributed by atoms with Gasteiger partial charge in [0.1, 0.15) is 12.1 Å². The first-order valence-corrected chi connectivity index (χ1v) is 10.9. The Kier molecular flexibility index (Phi) is 4.83. The molecule has 2 aromatic carbocycles. The lowest BCUT2D eigenvalue weighted by molar-refractivity contribution is -0.134. The van der Waals surface area contributed by atoms with E-state index in [1.807, 2.05) is 24.3 Å². The molecule has 0 saturated carbocycles. The van der Waals surface area contributed by atoms with Crippen molar-refractivity contribution >= 4 is 33.6 Å². The number of carbonyl (C=O) groups is 3. The largest absolute Gasteiger partial charge is 0.325 e. The fraction of sp³-hybridized carbons (Fsp3) is 0.250. The minimum atomic E-state index is -3.84. The van der Waals surface area contributed by atoms with Crippen LogP contribution in [0.5, 0.6) is 0 Å². The smallest absolute Gasteiger partial charge is 0.325 e. The van der Waals surface area contributed by atoms with Crippen LogP contribution in [0.4, 0.5) is 10.5 Å². The molecule has 4 N–H and O–H groups in total. The predicted octanol–water partition coefficient (Wildman–Crippen LogP) is 1.06. The third-order valence-electron chi connectivity index (χ3n) is 5.42. The van der Waals surface area contributed by atoms with Crippen LogP contribution in [0.1, 0.15) is 24.0 Å². The Morgan fingerprint density at radius 2 is 1.83 bits per heavy atom. The second kappa shape index (κ2) is 7.22. The molecule has 9 nitrogen and oxygen atoms in total. The van der Waals surface area contributed by atoms with Crippen LogP contribution in [-0.4, -0.2) is 37.7 Å². The first kappa shape index (κ1) is 20.0. The highest BCUT2D eigenvalue weighted by molar-refractivity contribution is 7.89. The van der Waals surface area contributed by atoms with E-state index in [0.29, 0.717) is 12.1 Å². The summed E-state index contributed by atoms with van der Waals surface area (Å²) < 4.78 is 22.6. The molecule has 1 heterocycles. The number of nitrogens with zero attached hydrogens (tertiary/aromatic N) is 1. The zero-order valence-corrected chi connectivity index (χ0v) is 16.7. The number of hydrogen-bond donors (Lipinski definition) is 3. The molecular weight excluding hydrogens is 408 g/mol. The molecule has 4 rings (SSSR count). The van der Waals surface area contributed by atoms with Gasteiger partial charge >= 0.3 is 6.03 Å². The van der Waals surface area contributed by atoms with Gasteiger partial charge in [-0.1, -0.05) is 24.3 Å². The molecule has 1 atom stereocenters. The van der Waals surface area contributed by atoms with Gasteiger partial charge in [0.05, 0.1) is 4.90 Å². The first-order chi connectivity index (χ1) is 14.2. The maximum atomic E-state index is 13.2. The Hall–Kier alpha value is -3.24. The number of imide groups is 1. The number of amides is 4. The summed E-state index contributed by atoms with van der Waals surface area (Å²) in [5.41, 5.74) is 0.968. The molecule has 0 radical (unpaired) electrons. The van der Waals surface area contributed by atoms with E-state index in [9.17, 15) is 22.8 Å². The fourth-order valence-corrected chi connectivity index (χ4v) is 4.54. The van der Waals surface area contributed by atoms with Crippen molar-refractivity contribution in [2.75, 3.05) is 11.9 Å². The molecule has 1 spiro atoms. The number of sulfonamides is 1. The van der Waals surface area contributed by atoms with Gasteiger partial charge in [-0.05, 0) is 54.7 Å². The first-order valence-electron chi connectivity index (χ1n) is 9.36. The number of aryl methyl sites for hydroxylation is 1. The number of carbonyl (C=O) groups excluding carboxylic acids is 3. The number of hydrogen-bond acceptors (Lipinski definition) is 5. The molecule has 0 bridgehead atoms. The van der Waals surface area contributed by atoms with E-state index in [1.165, 1.54) is 24.3 Å². The van der Waals surface area contributed by atoms with Crippen LogP contribution >= 0.6 is 0 Å². The van der Waals surface area contributed by atoms with Gasteiger partial charge in [0.25, 0.3) is 5.91 Å².